The van der Waals surface area contributed by atoms with E-state index in [4.69, 9.17) is 0 Å². The van der Waals surface area contributed by atoms with Gasteiger partial charge >= 0.3 is 0 Å². The van der Waals surface area contributed by atoms with Gasteiger partial charge in [-0.2, -0.15) is 5.26 Å². The lowest BCUT2D eigenvalue weighted by molar-refractivity contribution is -0.384. The molecule has 0 spiro atoms. The molecule has 1 aromatic heterocycles. The third-order valence-electron chi connectivity index (χ3n) is 5.42. The van der Waals surface area contributed by atoms with E-state index in [1.54, 1.807) is 36.4 Å². The number of nitrogens with zero attached hydrogens (tertiary/aromatic N) is 3. The smallest absolute Gasteiger partial charge is 0.273 e. The maximum Gasteiger partial charge on any atom is 0.273 e. The summed E-state index contributed by atoms with van der Waals surface area (Å²) in [6.45, 7) is 1.81. The highest BCUT2D eigenvalue weighted by atomic mass is 32.1. The fourth-order valence-corrected chi connectivity index (χ4v) is 4.73. The number of nitro groups is 1. The van der Waals surface area contributed by atoms with Crippen LogP contribution in [-0.4, -0.2) is 15.4 Å². The molecule has 1 atom stereocenters. The molecule has 0 saturated carbocycles. The Balaban J connectivity index is 1.90. The van der Waals surface area contributed by atoms with Crippen LogP contribution in [0.2, 0.25) is 0 Å². The molecule has 1 heterocycles. The van der Waals surface area contributed by atoms with Crippen LogP contribution in [0.15, 0.2) is 89.7 Å². The largest absolute Gasteiger partial charge is 0.345 e. The number of nitrogens with one attached hydrogen (secondary N) is 1. The zero-order chi connectivity index (χ0) is 25.7. The molecular formula is C27H20N4O4S. The zero-order valence-corrected chi connectivity index (χ0v) is 19.9. The van der Waals surface area contributed by atoms with Crippen LogP contribution in [0.5, 0.6) is 0 Å². The van der Waals surface area contributed by atoms with Crippen molar-refractivity contribution in [2.45, 2.75) is 13.0 Å². The summed E-state index contributed by atoms with van der Waals surface area (Å²) < 4.78 is 1.72. The molecule has 0 radical (unpaired) electrons. The van der Waals surface area contributed by atoms with E-state index < -0.39 is 16.4 Å². The summed E-state index contributed by atoms with van der Waals surface area (Å²) in [5.41, 5.74) is 1.06. The van der Waals surface area contributed by atoms with Gasteiger partial charge in [-0.3, -0.25) is 24.3 Å². The Morgan fingerprint density at radius 2 is 1.75 bits per heavy atom. The van der Waals surface area contributed by atoms with E-state index in [1.807, 2.05) is 43.3 Å². The van der Waals surface area contributed by atoms with Crippen LogP contribution in [0.25, 0.3) is 17.3 Å². The van der Waals surface area contributed by atoms with Crippen LogP contribution in [0.3, 0.4) is 0 Å². The second-order valence-electron chi connectivity index (χ2n) is 7.84. The molecule has 1 N–H and O–H groups in total. The maximum atomic E-state index is 13.5. The first-order valence-electron chi connectivity index (χ1n) is 10.9. The molecule has 36 heavy (non-hydrogen) atoms. The minimum atomic E-state index is -0.610. The number of thiazole rings is 1. The van der Waals surface area contributed by atoms with Crippen molar-refractivity contribution >= 4 is 34.6 Å². The highest BCUT2D eigenvalue weighted by Crippen LogP contribution is 2.14. The molecule has 0 bridgehead atoms. The lowest BCUT2D eigenvalue weighted by Crippen LogP contribution is -2.34. The number of hydrogen-bond donors (Lipinski definition) is 1. The number of benzene rings is 3. The normalized spacial score (nSPS) is 12.9. The SMILES string of the molecule is CC(NC(=O)/C(C#N)=c1/s/c(=C/c2cccc([N+](=O)[O-])c2)c(=O)n1-c1ccccc1)c1ccccc1. The van der Waals surface area contributed by atoms with Gasteiger partial charge in [0.05, 0.1) is 21.2 Å². The van der Waals surface area contributed by atoms with Crippen LogP contribution in [0, 0.1) is 21.4 Å². The van der Waals surface area contributed by atoms with Crippen molar-refractivity contribution < 1.29 is 9.72 Å². The monoisotopic (exact) mass is 496 g/mol. The number of amides is 1. The van der Waals surface area contributed by atoms with Gasteiger partial charge in [0.25, 0.3) is 17.2 Å². The van der Waals surface area contributed by atoms with Crippen molar-refractivity contribution in [3.63, 3.8) is 0 Å². The standard InChI is InChI=1S/C27H20N4O4S/c1-18(20-10-4-2-5-11-20)29-25(32)23(17-28)27-30(21-12-6-3-7-13-21)26(33)24(36-27)16-19-9-8-14-22(15-19)31(34)35/h2-16,18H,1H3,(H,29,32)/b24-16+,27-23+. The molecule has 0 aliphatic rings. The Morgan fingerprint density at radius 1 is 1.08 bits per heavy atom. The van der Waals surface area contributed by atoms with Crippen molar-refractivity contribution in [1.82, 2.24) is 9.88 Å². The van der Waals surface area contributed by atoms with Crippen molar-refractivity contribution in [3.05, 3.63) is 126 Å². The fraction of sp³-hybridized carbons (Fsp3) is 0.0741. The van der Waals surface area contributed by atoms with E-state index >= 15 is 0 Å². The first-order chi connectivity index (χ1) is 17.4. The molecule has 4 rings (SSSR count). The van der Waals surface area contributed by atoms with Gasteiger partial charge in [0.15, 0.2) is 5.57 Å². The first-order valence-corrected chi connectivity index (χ1v) is 11.7. The molecule has 8 nitrogen and oxygen atoms in total. The third kappa shape index (κ3) is 5.14. The van der Waals surface area contributed by atoms with Gasteiger partial charge in [0, 0.05) is 12.1 Å². The number of non-ortho nitro benzene ring substituents is 1. The summed E-state index contributed by atoms with van der Waals surface area (Å²) in [5, 5.41) is 23.9. The second kappa shape index (κ2) is 10.6. The highest BCUT2D eigenvalue weighted by molar-refractivity contribution is 7.07. The Hall–Kier alpha value is -4.81. The van der Waals surface area contributed by atoms with E-state index in [1.165, 1.54) is 28.8 Å². The summed E-state index contributed by atoms with van der Waals surface area (Å²) in [6, 6.07) is 25.5. The molecule has 0 aliphatic carbocycles. The maximum absolute atomic E-state index is 13.5. The first kappa shape index (κ1) is 24.3. The molecule has 1 amide bonds. The summed E-state index contributed by atoms with van der Waals surface area (Å²) in [5.74, 6) is -0.610. The van der Waals surface area contributed by atoms with Gasteiger partial charge in [0.1, 0.15) is 10.7 Å². The van der Waals surface area contributed by atoms with E-state index in [0.29, 0.717) is 11.3 Å². The number of aromatic nitrogens is 1. The number of para-hydroxylation sites is 1. The number of nitro benzene ring substituents is 1. The molecular weight excluding hydrogens is 476 g/mol. The van der Waals surface area contributed by atoms with Crippen molar-refractivity contribution in [3.8, 4) is 11.8 Å². The van der Waals surface area contributed by atoms with Crippen LogP contribution >= 0.6 is 11.3 Å². The predicted molar refractivity (Wildman–Crippen MR) is 138 cm³/mol. The van der Waals surface area contributed by atoms with E-state index in [2.05, 4.69) is 5.32 Å². The molecule has 0 fully saturated rings. The summed E-state index contributed by atoms with van der Waals surface area (Å²) in [6.07, 6.45) is 1.52. The minimum absolute atomic E-state index is 0.109. The summed E-state index contributed by atoms with van der Waals surface area (Å²) >= 11 is 0.979. The van der Waals surface area contributed by atoms with Gasteiger partial charge in [-0.15, -0.1) is 11.3 Å². The number of rotatable bonds is 6. The van der Waals surface area contributed by atoms with Crippen LogP contribution in [0.1, 0.15) is 24.1 Å². The van der Waals surface area contributed by atoms with Crippen LogP contribution in [0.4, 0.5) is 5.69 Å². The molecule has 0 aliphatic heterocycles. The van der Waals surface area contributed by atoms with Crippen molar-refractivity contribution in [2.75, 3.05) is 0 Å². The molecule has 9 heteroatoms. The lowest BCUT2D eigenvalue weighted by atomic mass is 10.1. The van der Waals surface area contributed by atoms with Gasteiger partial charge in [-0.25, -0.2) is 0 Å². The Kier molecular flexibility index (Phi) is 7.18. The predicted octanol–water partition coefficient (Wildman–Crippen LogP) is 3.19. The molecule has 3 aromatic carbocycles. The second-order valence-corrected chi connectivity index (χ2v) is 8.87. The Morgan fingerprint density at radius 3 is 2.39 bits per heavy atom. The van der Waals surface area contributed by atoms with Crippen LogP contribution in [-0.2, 0) is 4.79 Å². The Labute approximate surface area is 209 Å². The van der Waals surface area contributed by atoms with Gasteiger partial charge in [-0.1, -0.05) is 60.7 Å². The Bertz CT molecular complexity index is 1650. The van der Waals surface area contributed by atoms with Crippen LogP contribution < -0.4 is 20.1 Å². The number of hydrogen-bond acceptors (Lipinski definition) is 6. The quantitative estimate of drug-likeness (QED) is 0.325. The third-order valence-corrected chi connectivity index (χ3v) is 6.51. The topological polar surface area (TPSA) is 118 Å². The number of nitriles is 1. The molecule has 1 unspecified atom stereocenters. The van der Waals surface area contributed by atoms with Gasteiger partial charge in [0.2, 0.25) is 0 Å². The number of carbonyl (C=O) groups is 1. The van der Waals surface area contributed by atoms with Gasteiger partial charge in [-0.05, 0) is 36.3 Å². The van der Waals surface area contributed by atoms with Gasteiger partial charge < -0.3 is 5.32 Å². The number of carbonyl (C=O) groups excluding carboxylic acids is 1. The lowest BCUT2D eigenvalue weighted by Gasteiger charge is -2.13. The van der Waals surface area contributed by atoms with Crippen molar-refractivity contribution in [1.29, 1.82) is 5.26 Å². The summed E-state index contributed by atoms with van der Waals surface area (Å²) in [4.78, 5) is 37.3. The molecule has 0 saturated heterocycles. The van der Waals surface area contributed by atoms with Crippen molar-refractivity contribution in [2.24, 2.45) is 0 Å². The van der Waals surface area contributed by atoms with E-state index in [-0.39, 0.29) is 26.5 Å². The zero-order valence-electron chi connectivity index (χ0n) is 19.1. The van der Waals surface area contributed by atoms with E-state index in [0.717, 1.165) is 16.9 Å². The summed E-state index contributed by atoms with van der Waals surface area (Å²) in [7, 11) is 0. The minimum Gasteiger partial charge on any atom is -0.345 e. The van der Waals surface area contributed by atoms with E-state index in [9.17, 15) is 25.0 Å². The average Bonchev–Trinajstić information content (AvgIpc) is 3.20. The molecule has 4 aromatic rings. The highest BCUT2D eigenvalue weighted by Gasteiger charge is 2.19. The molecule has 178 valence electrons. The fourth-order valence-electron chi connectivity index (χ4n) is 3.63. The average molecular weight is 497 g/mol.